The largest absolute Gasteiger partial charge is 0.507 e. The van der Waals surface area contributed by atoms with Gasteiger partial charge in [0.05, 0.1) is 38.3 Å². The van der Waals surface area contributed by atoms with Crippen molar-refractivity contribution >= 4 is 17.0 Å². The summed E-state index contributed by atoms with van der Waals surface area (Å²) < 4.78 is 5.00. The van der Waals surface area contributed by atoms with Gasteiger partial charge >= 0.3 is 6.09 Å². The number of piperazine rings is 1. The van der Waals surface area contributed by atoms with E-state index in [1.807, 2.05) is 12.1 Å². The molecule has 3 rings (SSSR count). The molecule has 2 heterocycles. The second kappa shape index (κ2) is 6.92. The number of ether oxygens (including phenoxy) is 1. The second-order valence-electron chi connectivity index (χ2n) is 5.94. The summed E-state index contributed by atoms with van der Waals surface area (Å²) in [6, 6.07) is 7.20. The number of aromatic hydroxyl groups is 1. The lowest BCUT2D eigenvalue weighted by Crippen LogP contribution is -3.13. The van der Waals surface area contributed by atoms with Crippen molar-refractivity contribution in [3.05, 3.63) is 40.2 Å². The molecule has 7 nitrogen and oxygen atoms in total. The predicted octanol–water partition coefficient (Wildman–Crippen LogP) is 0.0907. The van der Waals surface area contributed by atoms with Crippen LogP contribution in [0.5, 0.6) is 5.75 Å². The summed E-state index contributed by atoms with van der Waals surface area (Å²) in [6.45, 7) is 5.18. The maximum Gasteiger partial charge on any atom is 0.410 e. The average molecular weight is 332 g/mol. The van der Waals surface area contributed by atoms with Crippen LogP contribution in [-0.4, -0.2) is 53.9 Å². The maximum atomic E-state index is 12.3. The zero-order valence-electron chi connectivity index (χ0n) is 13.7. The molecule has 0 saturated carbocycles. The molecule has 0 radical (unpaired) electrons. The van der Waals surface area contributed by atoms with Gasteiger partial charge in [0.25, 0.3) is 5.56 Å². The van der Waals surface area contributed by atoms with Gasteiger partial charge in [0.1, 0.15) is 17.9 Å². The summed E-state index contributed by atoms with van der Waals surface area (Å²) in [5.74, 6) is 0.0506. The number of para-hydroxylation sites is 1. The number of quaternary nitrogens is 1. The Morgan fingerprint density at radius 3 is 2.75 bits per heavy atom. The van der Waals surface area contributed by atoms with Crippen LogP contribution < -0.4 is 10.5 Å². The number of fused-ring (bicyclic) bond motifs is 1. The van der Waals surface area contributed by atoms with Crippen molar-refractivity contribution in [3.8, 4) is 5.75 Å². The van der Waals surface area contributed by atoms with Crippen LogP contribution in [0, 0.1) is 0 Å². The number of hydrogen-bond acceptors (Lipinski definition) is 4. The molecule has 1 aliphatic heterocycles. The standard InChI is InChI=1S/C17H21N3O4/c1-2-24-17(23)20-9-7-19(8-10-20)11-13-15(21)12-5-3-4-6-14(12)18-16(13)22/h3-6H,2,7-11H2,1H3,(H2,18,21,22)/p+1. The Labute approximate surface area is 139 Å². The van der Waals surface area contributed by atoms with Gasteiger partial charge in [-0.2, -0.15) is 0 Å². The molecule has 0 spiro atoms. The summed E-state index contributed by atoms with van der Waals surface area (Å²) in [5.41, 5.74) is 0.769. The van der Waals surface area contributed by atoms with Gasteiger partial charge in [0, 0.05) is 5.39 Å². The summed E-state index contributed by atoms with van der Waals surface area (Å²) in [4.78, 5) is 29.6. The number of pyridine rings is 1. The highest BCUT2D eigenvalue weighted by Crippen LogP contribution is 2.23. The van der Waals surface area contributed by atoms with E-state index in [2.05, 4.69) is 4.98 Å². The summed E-state index contributed by atoms with van der Waals surface area (Å²) in [7, 11) is 0. The average Bonchev–Trinajstić information content (AvgIpc) is 2.59. The zero-order valence-corrected chi connectivity index (χ0v) is 13.7. The SMILES string of the molecule is CCOC(=O)N1CC[NH+](Cc2c(O)c3ccccc3[nH]c2=O)CC1. The van der Waals surface area contributed by atoms with Gasteiger partial charge in [-0.05, 0) is 19.1 Å². The summed E-state index contributed by atoms with van der Waals surface area (Å²) >= 11 is 0. The Morgan fingerprint density at radius 1 is 1.33 bits per heavy atom. The van der Waals surface area contributed by atoms with Gasteiger partial charge in [-0.25, -0.2) is 4.79 Å². The lowest BCUT2D eigenvalue weighted by molar-refractivity contribution is -0.917. The molecule has 1 aromatic heterocycles. The number of rotatable bonds is 3. The van der Waals surface area contributed by atoms with Crippen molar-refractivity contribution in [2.45, 2.75) is 13.5 Å². The smallest absolute Gasteiger partial charge is 0.410 e. The first-order valence-electron chi connectivity index (χ1n) is 8.18. The fourth-order valence-corrected chi connectivity index (χ4v) is 3.08. The Hall–Kier alpha value is -2.54. The van der Waals surface area contributed by atoms with Gasteiger partial charge in [-0.3, -0.25) is 9.69 Å². The fraction of sp³-hybridized carbons (Fsp3) is 0.412. The van der Waals surface area contributed by atoms with Crippen LogP contribution in [0.1, 0.15) is 12.5 Å². The predicted molar refractivity (Wildman–Crippen MR) is 89.2 cm³/mol. The van der Waals surface area contributed by atoms with Crippen LogP contribution in [0.25, 0.3) is 10.9 Å². The number of carbonyl (C=O) groups is 1. The lowest BCUT2D eigenvalue weighted by Gasteiger charge is -2.31. The normalized spacial score (nSPS) is 15.6. The first-order chi connectivity index (χ1) is 11.6. The first kappa shape index (κ1) is 16.3. The molecule has 128 valence electrons. The van der Waals surface area contributed by atoms with Crippen molar-refractivity contribution in [2.24, 2.45) is 0 Å². The highest BCUT2D eigenvalue weighted by Gasteiger charge is 2.26. The van der Waals surface area contributed by atoms with Crippen LogP contribution in [0.2, 0.25) is 0 Å². The number of nitrogens with zero attached hydrogens (tertiary/aromatic N) is 1. The van der Waals surface area contributed by atoms with E-state index in [0.717, 1.165) is 4.90 Å². The number of amides is 1. The van der Waals surface area contributed by atoms with Gasteiger partial charge in [-0.1, -0.05) is 12.1 Å². The monoisotopic (exact) mass is 332 g/mol. The molecule has 3 N–H and O–H groups in total. The molecule has 1 amide bonds. The number of H-pyrrole nitrogens is 1. The molecule has 0 aliphatic carbocycles. The fourth-order valence-electron chi connectivity index (χ4n) is 3.08. The van der Waals surface area contributed by atoms with Gasteiger partial charge in [0.2, 0.25) is 0 Å². The third kappa shape index (κ3) is 3.21. The minimum atomic E-state index is -0.289. The summed E-state index contributed by atoms with van der Waals surface area (Å²) in [5, 5.41) is 11.1. The van der Waals surface area contributed by atoms with E-state index in [0.29, 0.717) is 55.8 Å². The molecule has 24 heavy (non-hydrogen) atoms. The molecule has 2 aromatic rings. The van der Waals surface area contributed by atoms with E-state index in [1.165, 1.54) is 0 Å². The molecule has 7 heteroatoms. The highest BCUT2D eigenvalue weighted by molar-refractivity contribution is 5.85. The molecule has 1 fully saturated rings. The van der Waals surface area contributed by atoms with E-state index < -0.39 is 0 Å². The van der Waals surface area contributed by atoms with Gasteiger partial charge < -0.3 is 19.7 Å². The number of nitrogens with one attached hydrogen (secondary N) is 2. The van der Waals surface area contributed by atoms with E-state index >= 15 is 0 Å². The van der Waals surface area contributed by atoms with Crippen molar-refractivity contribution < 1.29 is 19.5 Å². The lowest BCUT2D eigenvalue weighted by atomic mass is 10.1. The molecule has 0 unspecified atom stereocenters. The highest BCUT2D eigenvalue weighted by atomic mass is 16.6. The van der Waals surface area contributed by atoms with Crippen LogP contribution in [0.15, 0.2) is 29.1 Å². The van der Waals surface area contributed by atoms with Crippen molar-refractivity contribution in [3.63, 3.8) is 0 Å². The number of benzene rings is 1. The van der Waals surface area contributed by atoms with Crippen LogP contribution in [0.3, 0.4) is 0 Å². The van der Waals surface area contributed by atoms with E-state index in [-0.39, 0.29) is 17.4 Å². The Balaban J connectivity index is 1.73. The van der Waals surface area contributed by atoms with Crippen molar-refractivity contribution in [1.82, 2.24) is 9.88 Å². The molecule has 0 atom stereocenters. The van der Waals surface area contributed by atoms with Crippen LogP contribution >= 0.6 is 0 Å². The molecule has 0 bridgehead atoms. The number of aromatic amines is 1. The number of hydrogen-bond donors (Lipinski definition) is 3. The maximum absolute atomic E-state index is 12.3. The number of aromatic nitrogens is 1. The van der Waals surface area contributed by atoms with Crippen LogP contribution in [-0.2, 0) is 11.3 Å². The molecule has 1 aromatic carbocycles. The number of carbonyl (C=O) groups excluding carboxylic acids is 1. The molecular formula is C17H22N3O4+. The minimum Gasteiger partial charge on any atom is -0.507 e. The Morgan fingerprint density at radius 2 is 2.04 bits per heavy atom. The Kier molecular flexibility index (Phi) is 4.71. The topological polar surface area (TPSA) is 87.1 Å². The third-order valence-corrected chi connectivity index (χ3v) is 4.41. The third-order valence-electron chi connectivity index (χ3n) is 4.41. The first-order valence-corrected chi connectivity index (χ1v) is 8.18. The van der Waals surface area contributed by atoms with E-state index in [1.54, 1.807) is 24.0 Å². The van der Waals surface area contributed by atoms with E-state index in [9.17, 15) is 14.7 Å². The molecular weight excluding hydrogens is 310 g/mol. The quantitative estimate of drug-likeness (QED) is 0.743. The van der Waals surface area contributed by atoms with Gasteiger partial charge in [0.15, 0.2) is 0 Å². The minimum absolute atomic E-state index is 0.0506. The van der Waals surface area contributed by atoms with E-state index in [4.69, 9.17) is 4.74 Å². The summed E-state index contributed by atoms with van der Waals surface area (Å²) in [6.07, 6.45) is -0.289. The molecule has 1 saturated heterocycles. The molecule has 1 aliphatic rings. The van der Waals surface area contributed by atoms with Crippen molar-refractivity contribution in [2.75, 3.05) is 32.8 Å². The van der Waals surface area contributed by atoms with Gasteiger partial charge in [-0.15, -0.1) is 0 Å². The Bertz CT molecular complexity index is 794. The second-order valence-corrected chi connectivity index (χ2v) is 5.94. The van der Waals surface area contributed by atoms with Crippen LogP contribution in [0.4, 0.5) is 4.79 Å². The zero-order chi connectivity index (χ0) is 17.1. The van der Waals surface area contributed by atoms with Crippen molar-refractivity contribution in [1.29, 1.82) is 0 Å².